The summed E-state index contributed by atoms with van der Waals surface area (Å²) in [6, 6.07) is 1.22. The number of guanidine groups is 1. The molecule has 8 heteroatoms. The van der Waals surface area contributed by atoms with Crippen molar-refractivity contribution in [3.05, 3.63) is 11.6 Å². The molecule has 3 rings (SSSR count). The van der Waals surface area contributed by atoms with Crippen molar-refractivity contribution in [3.8, 4) is 0 Å². The largest absolute Gasteiger partial charge is 0.383 e. The lowest BCUT2D eigenvalue weighted by Crippen LogP contribution is -2.54. The minimum absolute atomic E-state index is 0.436. The first-order valence-electron chi connectivity index (χ1n) is 10.8. The van der Waals surface area contributed by atoms with Crippen LogP contribution in [0, 0.1) is 6.92 Å². The van der Waals surface area contributed by atoms with Crippen molar-refractivity contribution in [1.29, 1.82) is 0 Å². The summed E-state index contributed by atoms with van der Waals surface area (Å²) < 4.78 is 7.17. The second kappa shape index (κ2) is 10.8. The second-order valence-electron chi connectivity index (χ2n) is 8.08. The van der Waals surface area contributed by atoms with E-state index in [9.17, 15) is 0 Å². The Morgan fingerprint density at radius 3 is 2.71 bits per heavy atom. The number of rotatable bonds is 7. The quantitative estimate of drug-likeness (QED) is 0.418. The molecule has 8 nitrogen and oxygen atoms in total. The van der Waals surface area contributed by atoms with Crippen LogP contribution in [0.15, 0.2) is 4.99 Å². The van der Waals surface area contributed by atoms with E-state index in [1.165, 1.54) is 51.5 Å². The first-order valence-corrected chi connectivity index (χ1v) is 10.8. The first kappa shape index (κ1) is 21.0. The standard InChI is InChI=1S/C20H37N7O/c1-16-24-25-19(26(16)2)14-22-20(21-11-13-28-3)23-17-8-7-12-27(15-17)18-9-5-4-6-10-18/h17-18H,4-15H2,1-3H3,(H2,21,22,23). The van der Waals surface area contributed by atoms with Gasteiger partial charge in [0.2, 0.25) is 0 Å². The third-order valence-corrected chi connectivity index (χ3v) is 6.04. The van der Waals surface area contributed by atoms with Crippen LogP contribution in [0.2, 0.25) is 0 Å². The minimum atomic E-state index is 0.436. The Kier molecular flexibility index (Phi) is 8.09. The Morgan fingerprint density at radius 2 is 2.00 bits per heavy atom. The smallest absolute Gasteiger partial charge is 0.192 e. The van der Waals surface area contributed by atoms with E-state index in [0.29, 0.717) is 19.2 Å². The first-order chi connectivity index (χ1) is 13.7. The molecule has 0 amide bonds. The highest BCUT2D eigenvalue weighted by Gasteiger charge is 2.27. The van der Waals surface area contributed by atoms with Crippen molar-refractivity contribution >= 4 is 5.96 Å². The van der Waals surface area contributed by atoms with Crippen LogP contribution in [-0.4, -0.2) is 71.1 Å². The van der Waals surface area contributed by atoms with Gasteiger partial charge in [-0.25, -0.2) is 4.99 Å². The van der Waals surface area contributed by atoms with Crippen molar-refractivity contribution in [2.75, 3.05) is 33.4 Å². The molecule has 1 aromatic heterocycles. The van der Waals surface area contributed by atoms with Crippen LogP contribution in [-0.2, 0) is 18.3 Å². The van der Waals surface area contributed by atoms with Gasteiger partial charge >= 0.3 is 0 Å². The number of nitrogens with one attached hydrogen (secondary N) is 2. The van der Waals surface area contributed by atoms with Crippen molar-refractivity contribution in [2.24, 2.45) is 12.0 Å². The Bertz CT molecular complexity index is 624. The fraction of sp³-hybridized carbons (Fsp3) is 0.850. The molecule has 1 atom stereocenters. The van der Waals surface area contributed by atoms with Crippen molar-refractivity contribution in [1.82, 2.24) is 30.3 Å². The van der Waals surface area contributed by atoms with Crippen molar-refractivity contribution < 1.29 is 4.74 Å². The highest BCUT2D eigenvalue weighted by atomic mass is 16.5. The maximum absolute atomic E-state index is 5.18. The van der Waals surface area contributed by atoms with Crippen LogP contribution in [0.1, 0.15) is 56.6 Å². The fourth-order valence-corrected chi connectivity index (χ4v) is 4.26. The van der Waals surface area contributed by atoms with Gasteiger partial charge in [-0.3, -0.25) is 4.90 Å². The molecule has 1 unspecified atom stereocenters. The lowest BCUT2D eigenvalue weighted by atomic mass is 9.92. The van der Waals surface area contributed by atoms with Crippen molar-refractivity contribution in [2.45, 2.75) is 70.5 Å². The molecule has 0 bridgehead atoms. The highest BCUT2D eigenvalue weighted by Crippen LogP contribution is 2.25. The molecule has 2 heterocycles. The predicted octanol–water partition coefficient (Wildman–Crippen LogP) is 1.60. The lowest BCUT2D eigenvalue weighted by Gasteiger charge is -2.40. The molecule has 1 saturated heterocycles. The second-order valence-corrected chi connectivity index (χ2v) is 8.08. The van der Waals surface area contributed by atoms with Crippen LogP contribution in [0.4, 0.5) is 0 Å². The molecular weight excluding hydrogens is 354 g/mol. The number of hydrogen-bond acceptors (Lipinski definition) is 5. The van der Waals surface area contributed by atoms with Gasteiger partial charge in [0, 0.05) is 39.3 Å². The molecular formula is C20H37N7O. The molecule has 0 spiro atoms. The van der Waals surface area contributed by atoms with Gasteiger partial charge in [-0.1, -0.05) is 19.3 Å². The number of aromatic nitrogens is 3. The minimum Gasteiger partial charge on any atom is -0.383 e. The van der Waals surface area contributed by atoms with E-state index in [0.717, 1.165) is 36.7 Å². The number of aryl methyl sites for hydroxylation is 1. The Balaban J connectivity index is 1.59. The van der Waals surface area contributed by atoms with E-state index in [1.807, 2.05) is 18.5 Å². The zero-order chi connectivity index (χ0) is 19.8. The molecule has 2 aliphatic rings. The lowest BCUT2D eigenvalue weighted by molar-refractivity contribution is 0.115. The molecule has 1 aliphatic heterocycles. The topological polar surface area (TPSA) is 79.6 Å². The molecule has 1 aromatic rings. The normalized spacial score (nSPS) is 22.4. The van der Waals surface area contributed by atoms with E-state index < -0.39 is 0 Å². The highest BCUT2D eigenvalue weighted by molar-refractivity contribution is 5.80. The van der Waals surface area contributed by atoms with Crippen LogP contribution < -0.4 is 10.6 Å². The van der Waals surface area contributed by atoms with E-state index in [2.05, 4.69) is 25.7 Å². The van der Waals surface area contributed by atoms with Gasteiger partial charge < -0.3 is 19.9 Å². The van der Waals surface area contributed by atoms with Crippen LogP contribution in [0.25, 0.3) is 0 Å². The summed E-state index contributed by atoms with van der Waals surface area (Å²) in [5.41, 5.74) is 0. The number of nitrogens with zero attached hydrogens (tertiary/aromatic N) is 5. The monoisotopic (exact) mass is 391 g/mol. The summed E-state index contributed by atoms with van der Waals surface area (Å²) in [7, 11) is 3.70. The van der Waals surface area contributed by atoms with Crippen LogP contribution in [0.5, 0.6) is 0 Å². The summed E-state index contributed by atoms with van der Waals surface area (Å²) in [5.74, 6) is 2.62. The Hall–Kier alpha value is -1.67. The predicted molar refractivity (Wildman–Crippen MR) is 111 cm³/mol. The number of aliphatic imine (C=N–C) groups is 1. The number of likely N-dealkylation sites (tertiary alicyclic amines) is 1. The summed E-state index contributed by atoms with van der Waals surface area (Å²) in [6.07, 6.45) is 9.37. The molecule has 0 radical (unpaired) electrons. The van der Waals surface area contributed by atoms with Gasteiger partial charge in [0.05, 0.1) is 6.61 Å². The fourth-order valence-electron chi connectivity index (χ4n) is 4.26. The van der Waals surface area contributed by atoms with Gasteiger partial charge in [-0.15, -0.1) is 10.2 Å². The van der Waals surface area contributed by atoms with Crippen molar-refractivity contribution in [3.63, 3.8) is 0 Å². The molecule has 1 saturated carbocycles. The average molecular weight is 392 g/mol. The molecule has 1 aliphatic carbocycles. The molecule has 0 aromatic carbocycles. The third kappa shape index (κ3) is 5.91. The van der Waals surface area contributed by atoms with Gasteiger partial charge in [0.25, 0.3) is 0 Å². The van der Waals surface area contributed by atoms with E-state index in [4.69, 9.17) is 9.73 Å². The number of hydrogen-bond donors (Lipinski definition) is 2. The van der Waals surface area contributed by atoms with Crippen LogP contribution >= 0.6 is 0 Å². The van der Waals surface area contributed by atoms with Gasteiger partial charge in [0.15, 0.2) is 11.8 Å². The van der Waals surface area contributed by atoms with Gasteiger partial charge in [-0.2, -0.15) is 0 Å². The number of piperidine rings is 1. The SMILES string of the molecule is COCCNC(=NCc1nnc(C)n1C)NC1CCCN(C2CCCCC2)C1. The van der Waals surface area contributed by atoms with Crippen LogP contribution in [0.3, 0.4) is 0 Å². The molecule has 2 fully saturated rings. The van der Waals surface area contributed by atoms with Gasteiger partial charge in [0.1, 0.15) is 12.4 Å². The number of methoxy groups -OCH3 is 1. The maximum Gasteiger partial charge on any atom is 0.192 e. The van der Waals surface area contributed by atoms with Gasteiger partial charge in [-0.05, 0) is 39.2 Å². The van der Waals surface area contributed by atoms with E-state index in [-0.39, 0.29) is 0 Å². The summed E-state index contributed by atoms with van der Waals surface area (Å²) in [6.45, 7) is 6.21. The average Bonchev–Trinajstić information content (AvgIpc) is 3.05. The zero-order valence-electron chi connectivity index (χ0n) is 17.8. The summed E-state index contributed by atoms with van der Waals surface area (Å²) in [4.78, 5) is 7.48. The maximum atomic E-state index is 5.18. The number of ether oxygens (including phenoxy) is 1. The summed E-state index contributed by atoms with van der Waals surface area (Å²) >= 11 is 0. The Labute approximate surface area is 169 Å². The van der Waals surface area contributed by atoms with E-state index >= 15 is 0 Å². The van der Waals surface area contributed by atoms with E-state index in [1.54, 1.807) is 7.11 Å². The zero-order valence-corrected chi connectivity index (χ0v) is 17.8. The molecule has 158 valence electrons. The molecule has 28 heavy (non-hydrogen) atoms. The molecule has 2 N–H and O–H groups in total. The Morgan fingerprint density at radius 1 is 1.18 bits per heavy atom. The summed E-state index contributed by atoms with van der Waals surface area (Å²) in [5, 5.41) is 15.4. The third-order valence-electron chi connectivity index (χ3n) is 6.04.